The second-order valence-electron chi connectivity index (χ2n) is 5.16. The zero-order chi connectivity index (χ0) is 14.0. The molecule has 1 aromatic heterocycles. The molecule has 0 aliphatic carbocycles. The zero-order valence-corrected chi connectivity index (χ0v) is 12.4. The summed E-state index contributed by atoms with van der Waals surface area (Å²) < 4.78 is 2.27. The van der Waals surface area contributed by atoms with Gasteiger partial charge in [-0.15, -0.1) is 0 Å². The van der Waals surface area contributed by atoms with Crippen LogP contribution in [-0.4, -0.2) is 16.1 Å². The molecule has 1 N–H and O–H groups in total. The first-order valence-electron chi connectivity index (χ1n) is 7.65. The van der Waals surface area contributed by atoms with Crippen LogP contribution in [0.3, 0.4) is 0 Å². The number of benzene rings is 1. The lowest BCUT2D eigenvalue weighted by atomic mass is 10.1. The van der Waals surface area contributed by atoms with Gasteiger partial charge in [0.05, 0.1) is 6.54 Å². The number of nitrogens with one attached hydrogen (secondary N) is 1. The Kier molecular flexibility index (Phi) is 6.32. The molecule has 2 rings (SSSR count). The van der Waals surface area contributed by atoms with Crippen molar-refractivity contribution in [3.8, 4) is 0 Å². The summed E-state index contributed by atoms with van der Waals surface area (Å²) in [5, 5.41) is 3.41. The van der Waals surface area contributed by atoms with Gasteiger partial charge in [-0.1, -0.05) is 37.3 Å². The summed E-state index contributed by atoms with van der Waals surface area (Å²) >= 11 is 0. The van der Waals surface area contributed by atoms with Crippen molar-refractivity contribution in [2.75, 3.05) is 6.54 Å². The molecule has 0 amide bonds. The lowest BCUT2D eigenvalue weighted by Gasteiger charge is -2.08. The minimum atomic E-state index is 0.875. The second kappa shape index (κ2) is 8.54. The highest BCUT2D eigenvalue weighted by atomic mass is 15.1. The largest absolute Gasteiger partial charge is 0.334 e. The van der Waals surface area contributed by atoms with Crippen molar-refractivity contribution < 1.29 is 0 Å². The molecule has 0 saturated heterocycles. The van der Waals surface area contributed by atoms with Gasteiger partial charge in [0.15, 0.2) is 0 Å². The minimum Gasteiger partial charge on any atom is -0.334 e. The summed E-state index contributed by atoms with van der Waals surface area (Å²) in [6.45, 7) is 5.18. The van der Waals surface area contributed by atoms with Crippen molar-refractivity contribution in [1.82, 2.24) is 14.9 Å². The first kappa shape index (κ1) is 14.8. The number of hydrogen-bond donors (Lipinski definition) is 1. The molecule has 20 heavy (non-hydrogen) atoms. The maximum atomic E-state index is 4.43. The molecule has 0 aliphatic heterocycles. The Balaban J connectivity index is 1.70. The van der Waals surface area contributed by atoms with E-state index in [2.05, 4.69) is 58.3 Å². The van der Waals surface area contributed by atoms with Crippen LogP contribution in [0.1, 0.15) is 37.6 Å². The SMILES string of the molecule is CCCNCc1nccn1CCCCc1ccccc1. The molecule has 0 fully saturated rings. The lowest BCUT2D eigenvalue weighted by Crippen LogP contribution is -2.17. The highest BCUT2D eigenvalue weighted by Crippen LogP contribution is 2.07. The molecular formula is C17H25N3. The van der Waals surface area contributed by atoms with Crippen LogP contribution in [0.5, 0.6) is 0 Å². The van der Waals surface area contributed by atoms with E-state index >= 15 is 0 Å². The molecule has 0 bridgehead atoms. The Labute approximate surface area is 122 Å². The van der Waals surface area contributed by atoms with E-state index < -0.39 is 0 Å². The summed E-state index contributed by atoms with van der Waals surface area (Å²) in [5.74, 6) is 1.15. The highest BCUT2D eigenvalue weighted by Gasteiger charge is 2.01. The van der Waals surface area contributed by atoms with E-state index in [1.807, 2.05) is 6.20 Å². The van der Waals surface area contributed by atoms with Crippen LogP contribution in [-0.2, 0) is 19.5 Å². The molecule has 1 aromatic carbocycles. The fourth-order valence-corrected chi connectivity index (χ4v) is 2.34. The van der Waals surface area contributed by atoms with E-state index in [0.29, 0.717) is 0 Å². The van der Waals surface area contributed by atoms with Gasteiger partial charge in [0.2, 0.25) is 0 Å². The van der Waals surface area contributed by atoms with E-state index in [9.17, 15) is 0 Å². The van der Waals surface area contributed by atoms with Gasteiger partial charge < -0.3 is 9.88 Å². The predicted octanol–water partition coefficient (Wildman–Crippen LogP) is 3.41. The van der Waals surface area contributed by atoms with Crippen LogP contribution in [0.15, 0.2) is 42.7 Å². The normalized spacial score (nSPS) is 10.8. The average molecular weight is 271 g/mol. The summed E-state index contributed by atoms with van der Waals surface area (Å²) in [4.78, 5) is 4.43. The minimum absolute atomic E-state index is 0.875. The Morgan fingerprint density at radius 3 is 2.80 bits per heavy atom. The van der Waals surface area contributed by atoms with Gasteiger partial charge in [-0.05, 0) is 37.8 Å². The van der Waals surface area contributed by atoms with Crippen molar-refractivity contribution in [3.05, 3.63) is 54.1 Å². The quantitative estimate of drug-likeness (QED) is 0.708. The standard InChI is InChI=1S/C17H25N3/c1-2-11-18-15-17-19-12-14-20(17)13-7-6-10-16-8-4-3-5-9-16/h3-5,8-9,12,14,18H,2,6-7,10-11,13,15H2,1H3. The predicted molar refractivity (Wildman–Crippen MR) is 83.6 cm³/mol. The van der Waals surface area contributed by atoms with Crippen LogP contribution >= 0.6 is 0 Å². The van der Waals surface area contributed by atoms with Crippen molar-refractivity contribution in [2.45, 2.75) is 45.7 Å². The van der Waals surface area contributed by atoms with Gasteiger partial charge >= 0.3 is 0 Å². The van der Waals surface area contributed by atoms with Crippen LogP contribution in [0, 0.1) is 0 Å². The third-order valence-electron chi connectivity index (χ3n) is 3.47. The molecule has 0 aliphatic rings. The van der Waals surface area contributed by atoms with E-state index in [4.69, 9.17) is 0 Å². The summed E-state index contributed by atoms with van der Waals surface area (Å²) in [6, 6.07) is 10.7. The monoisotopic (exact) mass is 271 g/mol. The van der Waals surface area contributed by atoms with Crippen molar-refractivity contribution in [3.63, 3.8) is 0 Å². The lowest BCUT2D eigenvalue weighted by molar-refractivity contribution is 0.559. The second-order valence-corrected chi connectivity index (χ2v) is 5.16. The average Bonchev–Trinajstić information content (AvgIpc) is 2.93. The molecule has 108 valence electrons. The molecular weight excluding hydrogens is 246 g/mol. The number of imidazole rings is 1. The van der Waals surface area contributed by atoms with Crippen molar-refractivity contribution >= 4 is 0 Å². The maximum absolute atomic E-state index is 4.43. The van der Waals surface area contributed by atoms with E-state index in [1.165, 1.54) is 24.8 Å². The summed E-state index contributed by atoms with van der Waals surface area (Å²) in [5.41, 5.74) is 1.43. The third-order valence-corrected chi connectivity index (χ3v) is 3.47. The molecule has 0 atom stereocenters. The molecule has 0 spiro atoms. The number of hydrogen-bond acceptors (Lipinski definition) is 2. The first-order chi connectivity index (χ1) is 9.90. The summed E-state index contributed by atoms with van der Waals surface area (Å²) in [7, 11) is 0. The zero-order valence-electron chi connectivity index (χ0n) is 12.4. The van der Waals surface area contributed by atoms with Gasteiger partial charge in [-0.3, -0.25) is 0 Å². The topological polar surface area (TPSA) is 29.9 Å². The molecule has 0 radical (unpaired) electrons. The number of aromatic nitrogens is 2. The summed E-state index contributed by atoms with van der Waals surface area (Å²) in [6.07, 6.45) is 8.75. The fraction of sp³-hybridized carbons (Fsp3) is 0.471. The van der Waals surface area contributed by atoms with E-state index in [1.54, 1.807) is 0 Å². The molecule has 0 saturated carbocycles. The van der Waals surface area contributed by atoms with Crippen LogP contribution in [0.25, 0.3) is 0 Å². The Hall–Kier alpha value is -1.61. The van der Waals surface area contributed by atoms with Gasteiger partial charge in [0.25, 0.3) is 0 Å². The van der Waals surface area contributed by atoms with Gasteiger partial charge in [0.1, 0.15) is 5.82 Å². The first-order valence-corrected chi connectivity index (χ1v) is 7.65. The number of nitrogens with zero attached hydrogens (tertiary/aromatic N) is 2. The molecule has 0 unspecified atom stereocenters. The van der Waals surface area contributed by atoms with Crippen LogP contribution in [0.2, 0.25) is 0 Å². The van der Waals surface area contributed by atoms with E-state index in [0.717, 1.165) is 31.9 Å². The van der Waals surface area contributed by atoms with Gasteiger partial charge in [0, 0.05) is 18.9 Å². The molecule has 3 heteroatoms. The van der Waals surface area contributed by atoms with E-state index in [-0.39, 0.29) is 0 Å². The maximum Gasteiger partial charge on any atom is 0.122 e. The van der Waals surface area contributed by atoms with Crippen molar-refractivity contribution in [1.29, 1.82) is 0 Å². The molecule has 3 nitrogen and oxygen atoms in total. The molecule has 1 heterocycles. The number of unbranched alkanes of at least 4 members (excludes halogenated alkanes) is 1. The fourth-order valence-electron chi connectivity index (χ4n) is 2.34. The van der Waals surface area contributed by atoms with Crippen molar-refractivity contribution in [2.24, 2.45) is 0 Å². The van der Waals surface area contributed by atoms with Crippen LogP contribution in [0.4, 0.5) is 0 Å². The number of aryl methyl sites for hydroxylation is 2. The van der Waals surface area contributed by atoms with Gasteiger partial charge in [-0.2, -0.15) is 0 Å². The Morgan fingerprint density at radius 2 is 2.00 bits per heavy atom. The third kappa shape index (κ3) is 4.82. The Bertz CT molecular complexity index is 476. The van der Waals surface area contributed by atoms with Gasteiger partial charge in [-0.25, -0.2) is 4.98 Å². The highest BCUT2D eigenvalue weighted by molar-refractivity contribution is 5.14. The number of rotatable bonds is 9. The van der Waals surface area contributed by atoms with Crippen LogP contribution < -0.4 is 5.32 Å². The Morgan fingerprint density at radius 1 is 1.15 bits per heavy atom. The smallest absolute Gasteiger partial charge is 0.122 e. The molecule has 2 aromatic rings.